The summed E-state index contributed by atoms with van der Waals surface area (Å²) in [5.41, 5.74) is 0.548. The minimum atomic E-state index is -0.539. The third-order valence-electron chi connectivity index (χ3n) is 3.53. The molecule has 1 heterocycles. The highest BCUT2D eigenvalue weighted by atomic mass is 19.1. The van der Waals surface area contributed by atoms with Crippen molar-refractivity contribution >= 4 is 5.69 Å². The summed E-state index contributed by atoms with van der Waals surface area (Å²) in [7, 11) is 0. The van der Waals surface area contributed by atoms with Crippen LogP contribution in [-0.2, 0) is 0 Å². The largest absolute Gasteiger partial charge is 0.485 e. The molecule has 0 saturated heterocycles. The van der Waals surface area contributed by atoms with E-state index in [1.54, 1.807) is 0 Å². The van der Waals surface area contributed by atoms with E-state index in [4.69, 9.17) is 4.74 Å². The Morgan fingerprint density at radius 3 is 2.65 bits per heavy atom. The average Bonchev–Trinajstić information content (AvgIpc) is 2.65. The van der Waals surface area contributed by atoms with Crippen LogP contribution in [0.2, 0.25) is 0 Å². The van der Waals surface area contributed by atoms with Crippen molar-refractivity contribution < 1.29 is 13.5 Å². The Morgan fingerprint density at radius 1 is 1.10 bits per heavy atom. The second-order valence-electron chi connectivity index (χ2n) is 5.44. The van der Waals surface area contributed by atoms with Crippen LogP contribution in [-0.4, -0.2) is 5.60 Å². The molecular weight excluding hydrogens is 260 g/mol. The Bertz CT molecular complexity index is 655. The van der Waals surface area contributed by atoms with E-state index in [1.807, 2.05) is 38.1 Å². The van der Waals surface area contributed by atoms with Crippen molar-refractivity contribution in [2.24, 2.45) is 0 Å². The topological polar surface area (TPSA) is 21.3 Å². The van der Waals surface area contributed by atoms with Gasteiger partial charge in [-0.05, 0) is 38.1 Å². The molecule has 2 aromatic carbocycles. The van der Waals surface area contributed by atoms with E-state index in [2.05, 4.69) is 5.32 Å². The molecule has 0 aromatic heterocycles. The number of hydrogen-bond donors (Lipinski definition) is 1. The molecule has 4 heteroatoms. The molecule has 1 aliphatic rings. The molecule has 20 heavy (non-hydrogen) atoms. The molecule has 0 fully saturated rings. The molecule has 0 amide bonds. The number of hydrogen-bond acceptors (Lipinski definition) is 2. The van der Waals surface area contributed by atoms with Gasteiger partial charge in [0.25, 0.3) is 0 Å². The van der Waals surface area contributed by atoms with Gasteiger partial charge in [0.1, 0.15) is 23.0 Å². The molecule has 0 saturated carbocycles. The molecule has 0 bridgehead atoms. The Balaban J connectivity index is 1.99. The van der Waals surface area contributed by atoms with Gasteiger partial charge in [0.2, 0.25) is 0 Å². The van der Waals surface area contributed by atoms with Gasteiger partial charge < -0.3 is 10.1 Å². The van der Waals surface area contributed by atoms with Crippen molar-refractivity contribution in [3.05, 3.63) is 59.7 Å². The third kappa shape index (κ3) is 2.11. The fourth-order valence-corrected chi connectivity index (χ4v) is 2.54. The summed E-state index contributed by atoms with van der Waals surface area (Å²) >= 11 is 0. The van der Waals surface area contributed by atoms with Crippen LogP contribution in [0.15, 0.2) is 42.5 Å². The van der Waals surface area contributed by atoms with Gasteiger partial charge in [0.05, 0.1) is 11.7 Å². The zero-order valence-corrected chi connectivity index (χ0v) is 11.3. The van der Waals surface area contributed by atoms with E-state index < -0.39 is 17.2 Å². The van der Waals surface area contributed by atoms with Crippen LogP contribution in [0.4, 0.5) is 14.5 Å². The van der Waals surface area contributed by atoms with E-state index in [0.29, 0.717) is 0 Å². The second-order valence-corrected chi connectivity index (χ2v) is 5.44. The average molecular weight is 275 g/mol. The van der Waals surface area contributed by atoms with Gasteiger partial charge in [-0.3, -0.25) is 0 Å². The molecule has 1 aliphatic heterocycles. The quantitative estimate of drug-likeness (QED) is 0.882. The minimum absolute atomic E-state index is 0.142. The van der Waals surface area contributed by atoms with Crippen LogP contribution in [0.1, 0.15) is 25.5 Å². The molecule has 1 atom stereocenters. The van der Waals surface area contributed by atoms with Crippen molar-refractivity contribution in [1.82, 2.24) is 0 Å². The van der Waals surface area contributed by atoms with E-state index in [9.17, 15) is 8.78 Å². The molecule has 0 aliphatic carbocycles. The first-order chi connectivity index (χ1) is 9.47. The predicted molar refractivity (Wildman–Crippen MR) is 73.9 cm³/mol. The molecule has 3 rings (SSSR count). The number of anilines is 1. The number of benzene rings is 2. The fraction of sp³-hybridized carbons (Fsp3) is 0.250. The van der Waals surface area contributed by atoms with E-state index >= 15 is 0 Å². The molecule has 2 aromatic rings. The Kier molecular flexibility index (Phi) is 2.89. The summed E-state index contributed by atoms with van der Waals surface area (Å²) < 4.78 is 32.9. The van der Waals surface area contributed by atoms with Gasteiger partial charge in [-0.2, -0.15) is 0 Å². The van der Waals surface area contributed by atoms with Crippen LogP contribution in [0.5, 0.6) is 5.75 Å². The summed E-state index contributed by atoms with van der Waals surface area (Å²) in [6.07, 6.45) is 0. The summed E-state index contributed by atoms with van der Waals surface area (Å²) in [6, 6.07) is 10.7. The number of rotatable bonds is 2. The van der Waals surface area contributed by atoms with Gasteiger partial charge in [-0.25, -0.2) is 8.78 Å². The van der Waals surface area contributed by atoms with Crippen molar-refractivity contribution in [2.75, 3.05) is 5.32 Å². The Hall–Kier alpha value is -2.10. The molecule has 0 spiro atoms. The molecule has 104 valence electrons. The van der Waals surface area contributed by atoms with Crippen LogP contribution >= 0.6 is 0 Å². The second kappa shape index (κ2) is 4.47. The van der Waals surface area contributed by atoms with Crippen LogP contribution in [0, 0.1) is 11.6 Å². The van der Waals surface area contributed by atoms with Crippen LogP contribution in [0.25, 0.3) is 0 Å². The van der Waals surface area contributed by atoms with E-state index in [0.717, 1.165) is 29.5 Å². The zero-order chi connectivity index (χ0) is 14.3. The van der Waals surface area contributed by atoms with Gasteiger partial charge >= 0.3 is 0 Å². The third-order valence-corrected chi connectivity index (χ3v) is 3.53. The lowest BCUT2D eigenvalue weighted by Crippen LogP contribution is -2.35. The molecular formula is C16H15F2NO. The highest BCUT2D eigenvalue weighted by molar-refractivity contribution is 5.52. The van der Waals surface area contributed by atoms with Crippen molar-refractivity contribution in [3.63, 3.8) is 0 Å². The summed E-state index contributed by atoms with van der Waals surface area (Å²) in [5, 5.41) is 3.06. The summed E-state index contributed by atoms with van der Waals surface area (Å²) in [6.45, 7) is 3.84. The fourth-order valence-electron chi connectivity index (χ4n) is 2.54. The van der Waals surface area contributed by atoms with E-state index in [-0.39, 0.29) is 11.7 Å². The summed E-state index contributed by atoms with van der Waals surface area (Å²) in [5.74, 6) is -0.183. The molecule has 0 radical (unpaired) electrons. The number of nitrogens with one attached hydrogen (secondary N) is 1. The first-order valence-corrected chi connectivity index (χ1v) is 6.47. The number of halogens is 2. The highest BCUT2D eigenvalue weighted by Crippen LogP contribution is 2.44. The number of ether oxygens (including phenoxy) is 1. The first kappa shape index (κ1) is 12.9. The normalized spacial score (nSPS) is 19.3. The molecule has 1 N–H and O–H groups in total. The van der Waals surface area contributed by atoms with Gasteiger partial charge in [-0.15, -0.1) is 0 Å². The molecule has 1 unspecified atom stereocenters. The van der Waals surface area contributed by atoms with Crippen molar-refractivity contribution in [3.8, 4) is 5.75 Å². The standard InChI is InChI=1S/C16H15F2NO/c1-16(2)15(11-5-3-4-6-14(11)20-16)19-13-9-10(17)7-8-12(13)18/h3-9,15,19H,1-2H3. The van der Waals surface area contributed by atoms with Crippen LogP contribution in [0.3, 0.4) is 0 Å². The number of para-hydroxylation sites is 1. The maximum absolute atomic E-state index is 13.8. The van der Waals surface area contributed by atoms with Crippen molar-refractivity contribution in [2.45, 2.75) is 25.5 Å². The highest BCUT2D eigenvalue weighted by Gasteiger charge is 2.41. The lowest BCUT2D eigenvalue weighted by molar-refractivity contribution is 0.118. The van der Waals surface area contributed by atoms with E-state index in [1.165, 1.54) is 0 Å². The first-order valence-electron chi connectivity index (χ1n) is 6.47. The monoisotopic (exact) mass is 275 g/mol. The SMILES string of the molecule is CC1(C)Oc2ccccc2C1Nc1cc(F)ccc1F. The van der Waals surface area contributed by atoms with Gasteiger partial charge in [0, 0.05) is 5.56 Å². The zero-order valence-electron chi connectivity index (χ0n) is 11.3. The smallest absolute Gasteiger partial charge is 0.146 e. The maximum Gasteiger partial charge on any atom is 0.146 e. The lowest BCUT2D eigenvalue weighted by Gasteiger charge is -2.28. The number of fused-ring (bicyclic) bond motifs is 1. The van der Waals surface area contributed by atoms with Crippen LogP contribution < -0.4 is 10.1 Å². The summed E-state index contributed by atoms with van der Waals surface area (Å²) in [4.78, 5) is 0. The van der Waals surface area contributed by atoms with Gasteiger partial charge in [0.15, 0.2) is 0 Å². The predicted octanol–water partition coefficient (Wildman–Crippen LogP) is 4.29. The lowest BCUT2D eigenvalue weighted by atomic mass is 9.94. The minimum Gasteiger partial charge on any atom is -0.485 e. The maximum atomic E-state index is 13.8. The Labute approximate surface area is 116 Å². The Morgan fingerprint density at radius 2 is 1.85 bits per heavy atom. The van der Waals surface area contributed by atoms with Gasteiger partial charge in [-0.1, -0.05) is 18.2 Å². The van der Waals surface area contributed by atoms with Crippen molar-refractivity contribution in [1.29, 1.82) is 0 Å². The molecule has 2 nitrogen and oxygen atoms in total.